The summed E-state index contributed by atoms with van der Waals surface area (Å²) in [7, 11) is -3.50. The van der Waals surface area contributed by atoms with E-state index < -0.39 is 76.3 Å². The largest absolute Gasteiger partial charge is 0.508 e. The first-order valence-electron chi connectivity index (χ1n) is 16.4. The molecule has 2 aliphatic rings. The van der Waals surface area contributed by atoms with Gasteiger partial charge in [0.1, 0.15) is 53.3 Å². The highest BCUT2D eigenvalue weighted by Gasteiger charge is 2.50. The van der Waals surface area contributed by atoms with Crippen molar-refractivity contribution in [2.75, 3.05) is 17.8 Å². The highest BCUT2D eigenvalue weighted by atomic mass is 32.2. The number of hydrogen-bond donors (Lipinski definition) is 5. The van der Waals surface area contributed by atoms with Crippen LogP contribution in [0.2, 0.25) is 0 Å². The zero-order valence-electron chi connectivity index (χ0n) is 27.7. The highest BCUT2D eigenvalue weighted by Crippen LogP contribution is 2.49. The molecule has 5 N–H and O–H groups in total. The number of aliphatic hydroxyl groups is 4. The third-order valence-electron chi connectivity index (χ3n) is 9.34. The van der Waals surface area contributed by atoms with Gasteiger partial charge in [0.2, 0.25) is 5.91 Å². The molecule has 4 aromatic carbocycles. The van der Waals surface area contributed by atoms with Gasteiger partial charge in [-0.2, -0.15) is 8.42 Å². The molecule has 15 heteroatoms. The van der Waals surface area contributed by atoms with E-state index in [1.54, 1.807) is 24.3 Å². The fourth-order valence-corrected chi connectivity index (χ4v) is 7.73. The first-order chi connectivity index (χ1) is 24.8. The minimum Gasteiger partial charge on any atom is -0.508 e. The summed E-state index contributed by atoms with van der Waals surface area (Å²) in [6, 6.07) is 20.3. The van der Waals surface area contributed by atoms with Gasteiger partial charge >= 0.3 is 10.1 Å². The van der Waals surface area contributed by atoms with Gasteiger partial charge in [0.15, 0.2) is 6.29 Å². The molecule has 52 heavy (non-hydrogen) atoms. The molecule has 2 fully saturated rings. The number of aliphatic hydroxyl groups excluding tert-OH is 4. The molecule has 1 amide bonds. The van der Waals surface area contributed by atoms with Crippen molar-refractivity contribution in [2.45, 2.75) is 55.7 Å². The van der Waals surface area contributed by atoms with Crippen LogP contribution in [0.5, 0.6) is 11.5 Å². The van der Waals surface area contributed by atoms with Crippen molar-refractivity contribution < 1.29 is 61.2 Å². The number of phenolic OH excluding ortho intramolecular Hbond substituents is 1. The summed E-state index contributed by atoms with van der Waals surface area (Å²) in [4.78, 5) is 15.1. The number of carbonyl (C=O) groups excluding carboxylic acids is 1. The van der Waals surface area contributed by atoms with E-state index in [1.807, 2.05) is 0 Å². The Balaban J connectivity index is 1.37. The molecule has 2 saturated heterocycles. The van der Waals surface area contributed by atoms with Crippen molar-refractivity contribution in [3.63, 3.8) is 0 Å². The van der Waals surface area contributed by atoms with Gasteiger partial charge in [-0.25, -0.2) is 8.78 Å². The first kappa shape index (κ1) is 37.3. The highest BCUT2D eigenvalue weighted by molar-refractivity contribution is 7.87. The van der Waals surface area contributed by atoms with Gasteiger partial charge in [-0.3, -0.25) is 4.79 Å². The van der Waals surface area contributed by atoms with Crippen LogP contribution in [0.25, 0.3) is 11.1 Å². The zero-order valence-corrected chi connectivity index (χ0v) is 28.5. The van der Waals surface area contributed by atoms with Gasteiger partial charge in [0.05, 0.1) is 18.1 Å². The van der Waals surface area contributed by atoms with Crippen molar-refractivity contribution in [2.24, 2.45) is 5.92 Å². The molecule has 4 aromatic rings. The van der Waals surface area contributed by atoms with Crippen molar-refractivity contribution in [3.05, 3.63) is 114 Å². The van der Waals surface area contributed by atoms with E-state index in [0.717, 1.165) is 0 Å². The Morgan fingerprint density at radius 1 is 0.846 bits per heavy atom. The Bertz CT molecular complexity index is 1980. The quantitative estimate of drug-likeness (QED) is 0.105. The standard InChI is InChI=1S/C37H37F2NO11S/c1-49-37-35(45)34(44)33(43)31(50-37)19-52(47,48)51-30-18-22(20-4-13-26(41)14-5-20)6-15-27(30)32-28(16-17-29(42)21-2-7-23(38)8-3-21)36(46)40(32)25-11-9-24(39)10-12-25/h2-15,18,28-29,31-35,37,41-45H,16-17,19H2,1H3. The van der Waals surface area contributed by atoms with E-state index in [9.17, 15) is 47.5 Å². The SMILES string of the molecule is COC1OC(CS(=O)(=O)Oc2cc(-c3ccc(O)cc3)ccc2C2C(CCC(O)c3ccc(F)cc3)C(=O)N2c2ccc(F)cc2)C(O)C(O)C1O. The predicted octanol–water partition coefficient (Wildman–Crippen LogP) is 3.72. The molecule has 0 aromatic heterocycles. The van der Waals surface area contributed by atoms with Crippen molar-refractivity contribution >= 4 is 21.7 Å². The number of methoxy groups -OCH3 is 1. The van der Waals surface area contributed by atoms with Crippen LogP contribution < -0.4 is 9.08 Å². The van der Waals surface area contributed by atoms with Gasteiger partial charge < -0.3 is 44.1 Å². The second kappa shape index (κ2) is 15.2. The summed E-state index contributed by atoms with van der Waals surface area (Å²) in [6.45, 7) is 0. The van der Waals surface area contributed by atoms with Crippen LogP contribution in [0, 0.1) is 17.6 Å². The molecule has 0 aliphatic carbocycles. The molecular weight excluding hydrogens is 704 g/mol. The molecule has 12 nitrogen and oxygen atoms in total. The molecule has 0 radical (unpaired) electrons. The molecule has 276 valence electrons. The summed E-state index contributed by atoms with van der Waals surface area (Å²) in [5.74, 6) is -3.38. The van der Waals surface area contributed by atoms with Gasteiger partial charge in [-0.1, -0.05) is 36.4 Å². The number of carbonyl (C=O) groups is 1. The normalized spacial score (nSPS) is 25.4. The summed E-state index contributed by atoms with van der Waals surface area (Å²) in [5, 5.41) is 51.7. The average molecular weight is 742 g/mol. The Hall–Kier alpha value is -4.48. The summed E-state index contributed by atoms with van der Waals surface area (Å²) in [6.07, 6.45) is -9.12. The van der Waals surface area contributed by atoms with Gasteiger partial charge in [0.25, 0.3) is 0 Å². The maximum Gasteiger partial charge on any atom is 0.311 e. The van der Waals surface area contributed by atoms with Crippen molar-refractivity contribution in [3.8, 4) is 22.6 Å². The third kappa shape index (κ3) is 7.80. The fraction of sp³-hybridized carbons (Fsp3) is 0.324. The number of nitrogens with zero attached hydrogens (tertiary/aromatic N) is 1. The molecule has 0 spiro atoms. The number of aromatic hydroxyl groups is 1. The van der Waals surface area contributed by atoms with E-state index >= 15 is 0 Å². The van der Waals surface area contributed by atoms with E-state index in [0.29, 0.717) is 22.4 Å². The van der Waals surface area contributed by atoms with Crippen molar-refractivity contribution in [1.29, 1.82) is 0 Å². The Kier molecular flexibility index (Phi) is 10.9. The summed E-state index contributed by atoms with van der Waals surface area (Å²) in [5.41, 5.74) is 2.06. The molecule has 8 atom stereocenters. The lowest BCUT2D eigenvalue weighted by atomic mass is 9.77. The molecule has 2 aliphatic heterocycles. The summed E-state index contributed by atoms with van der Waals surface area (Å²) >= 11 is 0. The molecular formula is C37H37F2NO11S. The molecule has 0 saturated carbocycles. The Labute approximate surface area is 298 Å². The first-order valence-corrected chi connectivity index (χ1v) is 17.9. The van der Waals surface area contributed by atoms with Gasteiger partial charge in [0, 0.05) is 18.4 Å². The monoisotopic (exact) mass is 741 g/mol. The lowest BCUT2D eigenvalue weighted by Crippen LogP contribution is -2.59. The average Bonchev–Trinajstić information content (AvgIpc) is 3.12. The smallest absolute Gasteiger partial charge is 0.311 e. The summed E-state index contributed by atoms with van der Waals surface area (Å²) < 4.78 is 71.0. The van der Waals surface area contributed by atoms with Crippen LogP contribution in [0.4, 0.5) is 14.5 Å². The lowest BCUT2D eigenvalue weighted by Gasteiger charge is -2.48. The van der Waals surface area contributed by atoms with Crippen LogP contribution in [-0.2, 0) is 24.4 Å². The fourth-order valence-electron chi connectivity index (χ4n) is 6.57. The van der Waals surface area contributed by atoms with Crippen LogP contribution in [0.3, 0.4) is 0 Å². The number of hydrogen-bond acceptors (Lipinski definition) is 11. The van der Waals surface area contributed by atoms with Gasteiger partial charge in [-0.05, 0) is 84.1 Å². The van der Waals surface area contributed by atoms with E-state index in [-0.39, 0.29) is 35.8 Å². The topological polar surface area (TPSA) is 183 Å². The Morgan fingerprint density at radius 3 is 2.10 bits per heavy atom. The van der Waals surface area contributed by atoms with Crippen LogP contribution in [0.15, 0.2) is 91.0 Å². The number of anilines is 1. The predicted molar refractivity (Wildman–Crippen MR) is 182 cm³/mol. The second-order valence-corrected chi connectivity index (χ2v) is 14.4. The number of β-lactam (4-membered cyclic amide) rings is 1. The molecule has 6 rings (SSSR count). The van der Waals surface area contributed by atoms with Crippen LogP contribution >= 0.6 is 0 Å². The number of amides is 1. The van der Waals surface area contributed by atoms with Crippen LogP contribution in [-0.4, -0.2) is 83.4 Å². The minimum absolute atomic E-state index is 0.000664. The molecule has 8 unspecified atom stereocenters. The van der Waals surface area contributed by atoms with E-state index in [1.165, 1.54) is 78.7 Å². The number of halogens is 2. The molecule has 2 heterocycles. The maximum atomic E-state index is 13.9. The van der Waals surface area contributed by atoms with E-state index in [2.05, 4.69) is 0 Å². The second-order valence-electron chi connectivity index (χ2n) is 12.7. The third-order valence-corrected chi connectivity index (χ3v) is 10.5. The lowest BCUT2D eigenvalue weighted by molar-refractivity contribution is -0.285. The van der Waals surface area contributed by atoms with Crippen molar-refractivity contribution in [1.82, 2.24) is 0 Å². The van der Waals surface area contributed by atoms with E-state index in [4.69, 9.17) is 13.7 Å². The number of rotatable bonds is 12. The maximum absolute atomic E-state index is 13.9. The number of ether oxygens (including phenoxy) is 2. The molecule has 0 bridgehead atoms. The number of benzene rings is 4. The number of phenols is 1. The van der Waals surface area contributed by atoms with Crippen LogP contribution in [0.1, 0.15) is 36.1 Å². The zero-order chi connectivity index (χ0) is 37.3. The van der Waals surface area contributed by atoms with Gasteiger partial charge in [-0.15, -0.1) is 0 Å². The Morgan fingerprint density at radius 2 is 1.46 bits per heavy atom. The minimum atomic E-state index is -4.67.